The molecule has 6 nitrogen and oxygen atoms in total. The van der Waals surface area contributed by atoms with Gasteiger partial charge in [0.1, 0.15) is 11.5 Å². The van der Waals surface area contributed by atoms with E-state index >= 15 is 0 Å². The Hall–Kier alpha value is -3.08. The molecule has 33 heavy (non-hydrogen) atoms. The summed E-state index contributed by atoms with van der Waals surface area (Å²) in [6.07, 6.45) is 1.92. The highest BCUT2D eigenvalue weighted by molar-refractivity contribution is 7.55. The van der Waals surface area contributed by atoms with Gasteiger partial charge in [0.05, 0.1) is 6.04 Å². The van der Waals surface area contributed by atoms with Crippen LogP contribution in [0, 0.1) is 0 Å². The van der Waals surface area contributed by atoms with Gasteiger partial charge in [0.2, 0.25) is 5.91 Å². The number of nitrogens with zero attached hydrogens (tertiary/aromatic N) is 1. The van der Waals surface area contributed by atoms with Gasteiger partial charge in [-0.25, -0.2) is 4.57 Å². The fraction of sp³-hybridized carbons (Fsp3) is 0.269. The third-order valence-corrected chi connectivity index (χ3v) is 8.40. The van der Waals surface area contributed by atoms with E-state index in [4.69, 9.17) is 9.05 Å². The average Bonchev–Trinajstić information content (AvgIpc) is 3.35. The molecule has 0 radical (unpaired) electrons. The predicted octanol–water partition coefficient (Wildman–Crippen LogP) is 5.00. The molecule has 1 fully saturated rings. The molecule has 2 aliphatic rings. The molecule has 2 heterocycles. The van der Waals surface area contributed by atoms with E-state index < -0.39 is 13.4 Å². The van der Waals surface area contributed by atoms with Gasteiger partial charge in [-0.05, 0) is 54.7 Å². The second-order valence-electron chi connectivity index (χ2n) is 8.41. The van der Waals surface area contributed by atoms with E-state index in [1.165, 1.54) is 11.1 Å². The van der Waals surface area contributed by atoms with Gasteiger partial charge in [0, 0.05) is 13.1 Å². The molecule has 0 saturated carbocycles. The smallest absolute Gasteiger partial charge is 0.415 e. The quantitative estimate of drug-likeness (QED) is 0.522. The SMILES string of the molecule is O=C([C@@H]1Cc2ccccc2CN1)N1CCC[C@@H]1P(=O)(Oc1ccccc1)Oc1ccccc1. The van der Waals surface area contributed by atoms with Crippen molar-refractivity contribution in [1.82, 2.24) is 10.2 Å². The molecule has 0 aromatic heterocycles. The fourth-order valence-electron chi connectivity index (χ4n) is 4.56. The largest absolute Gasteiger partial charge is 0.453 e. The van der Waals surface area contributed by atoms with Crippen molar-refractivity contribution >= 4 is 13.5 Å². The molecule has 170 valence electrons. The van der Waals surface area contributed by atoms with Crippen LogP contribution in [0.4, 0.5) is 0 Å². The Morgan fingerprint density at radius 1 is 0.848 bits per heavy atom. The Balaban J connectivity index is 1.41. The highest BCUT2D eigenvalue weighted by Crippen LogP contribution is 2.57. The van der Waals surface area contributed by atoms with E-state index in [1.54, 1.807) is 29.2 Å². The van der Waals surface area contributed by atoms with Gasteiger partial charge in [0.15, 0.2) is 5.78 Å². The number of carbonyl (C=O) groups is 1. The first kappa shape index (κ1) is 21.7. The van der Waals surface area contributed by atoms with E-state index in [0.717, 1.165) is 6.42 Å². The Kier molecular flexibility index (Phi) is 6.21. The first-order chi connectivity index (χ1) is 16.1. The number of rotatable bonds is 6. The maximum atomic E-state index is 14.3. The first-order valence-electron chi connectivity index (χ1n) is 11.3. The number of nitrogens with one attached hydrogen (secondary N) is 1. The lowest BCUT2D eigenvalue weighted by atomic mass is 9.95. The van der Waals surface area contributed by atoms with E-state index in [-0.39, 0.29) is 11.9 Å². The number of para-hydroxylation sites is 2. The molecule has 3 aromatic rings. The van der Waals surface area contributed by atoms with Crippen molar-refractivity contribution in [1.29, 1.82) is 0 Å². The Bertz CT molecular complexity index is 1110. The minimum absolute atomic E-state index is 0.0550. The number of likely N-dealkylation sites (tertiary alicyclic amines) is 1. The van der Waals surface area contributed by atoms with Crippen molar-refractivity contribution in [2.75, 3.05) is 6.54 Å². The lowest BCUT2D eigenvalue weighted by Crippen LogP contribution is -2.51. The maximum absolute atomic E-state index is 14.3. The summed E-state index contributed by atoms with van der Waals surface area (Å²) >= 11 is 0. The van der Waals surface area contributed by atoms with Crippen LogP contribution >= 0.6 is 7.60 Å². The van der Waals surface area contributed by atoms with Gasteiger partial charge in [-0.1, -0.05) is 60.7 Å². The van der Waals surface area contributed by atoms with Crippen molar-refractivity contribution in [3.63, 3.8) is 0 Å². The Morgan fingerprint density at radius 2 is 1.42 bits per heavy atom. The summed E-state index contributed by atoms with van der Waals surface area (Å²) in [6.45, 7) is 1.17. The Labute approximate surface area is 194 Å². The minimum Gasteiger partial charge on any atom is -0.415 e. The number of fused-ring (bicyclic) bond motifs is 1. The molecule has 0 aliphatic carbocycles. The van der Waals surface area contributed by atoms with Crippen molar-refractivity contribution in [3.05, 3.63) is 96.1 Å². The van der Waals surface area contributed by atoms with Crippen LogP contribution in [0.25, 0.3) is 0 Å². The molecule has 1 amide bonds. The summed E-state index contributed by atoms with van der Waals surface area (Å²) in [7, 11) is -3.76. The van der Waals surface area contributed by atoms with Gasteiger partial charge in [-0.15, -0.1) is 0 Å². The summed E-state index contributed by atoms with van der Waals surface area (Å²) in [6, 6.07) is 25.8. The van der Waals surface area contributed by atoms with Crippen LogP contribution in [0.3, 0.4) is 0 Å². The van der Waals surface area contributed by atoms with Crippen LogP contribution in [0.1, 0.15) is 24.0 Å². The van der Waals surface area contributed by atoms with Crippen molar-refractivity contribution < 1.29 is 18.4 Å². The average molecular weight is 462 g/mol. The normalized spacial score (nSPS) is 20.2. The molecule has 7 heteroatoms. The van der Waals surface area contributed by atoms with Crippen LogP contribution in [0.5, 0.6) is 11.5 Å². The predicted molar refractivity (Wildman–Crippen MR) is 127 cm³/mol. The lowest BCUT2D eigenvalue weighted by Gasteiger charge is -2.34. The summed E-state index contributed by atoms with van der Waals surface area (Å²) in [5.74, 6) is 0.214. The first-order valence-corrected chi connectivity index (χ1v) is 12.9. The van der Waals surface area contributed by atoms with Gasteiger partial charge < -0.3 is 19.3 Å². The highest BCUT2D eigenvalue weighted by atomic mass is 31.2. The molecule has 1 N–H and O–H groups in total. The third kappa shape index (κ3) is 4.68. The van der Waals surface area contributed by atoms with Crippen LogP contribution in [0.2, 0.25) is 0 Å². The van der Waals surface area contributed by atoms with Gasteiger partial charge in [0.25, 0.3) is 0 Å². The van der Waals surface area contributed by atoms with Crippen molar-refractivity contribution in [3.8, 4) is 11.5 Å². The zero-order valence-electron chi connectivity index (χ0n) is 18.3. The summed E-state index contributed by atoms with van der Waals surface area (Å²) in [5.41, 5.74) is 2.39. The minimum atomic E-state index is -3.76. The van der Waals surface area contributed by atoms with Gasteiger partial charge >= 0.3 is 7.60 Å². The summed E-state index contributed by atoms with van der Waals surface area (Å²) in [5, 5.41) is 3.36. The molecule has 2 aliphatic heterocycles. The summed E-state index contributed by atoms with van der Waals surface area (Å²) < 4.78 is 26.4. The van der Waals surface area contributed by atoms with Crippen LogP contribution in [-0.2, 0) is 22.3 Å². The molecule has 0 spiro atoms. The zero-order chi connectivity index (χ0) is 22.7. The second-order valence-corrected chi connectivity index (χ2v) is 10.5. The van der Waals surface area contributed by atoms with Gasteiger partial charge in [-0.3, -0.25) is 4.79 Å². The van der Waals surface area contributed by atoms with E-state index in [9.17, 15) is 9.36 Å². The van der Waals surface area contributed by atoms with E-state index in [1.807, 2.05) is 48.5 Å². The van der Waals surface area contributed by atoms with Crippen molar-refractivity contribution in [2.45, 2.75) is 37.6 Å². The lowest BCUT2D eigenvalue weighted by molar-refractivity contribution is -0.133. The number of hydrogen-bond donors (Lipinski definition) is 1. The van der Waals surface area contributed by atoms with Crippen molar-refractivity contribution in [2.24, 2.45) is 0 Å². The fourth-order valence-corrected chi connectivity index (χ4v) is 6.74. The standard InChI is InChI=1S/C26H27N2O4P/c29-26(24-18-20-10-7-8-11-21(20)19-27-24)28-17-9-16-25(28)33(30,31-22-12-3-1-4-13-22)32-23-14-5-2-6-15-23/h1-8,10-15,24-25,27H,9,16-19H2/t24-,25-/m0/s1. The second kappa shape index (κ2) is 9.42. The van der Waals surface area contributed by atoms with Gasteiger partial charge in [-0.2, -0.15) is 0 Å². The molecule has 3 aromatic carbocycles. The van der Waals surface area contributed by atoms with E-state index in [0.29, 0.717) is 37.4 Å². The number of amides is 1. The molecule has 0 bridgehead atoms. The number of carbonyl (C=O) groups excluding carboxylic acids is 1. The molecule has 5 rings (SSSR count). The molecular weight excluding hydrogens is 435 g/mol. The molecular formula is C26H27N2O4P. The zero-order valence-corrected chi connectivity index (χ0v) is 19.2. The topological polar surface area (TPSA) is 67.9 Å². The van der Waals surface area contributed by atoms with Crippen LogP contribution in [0.15, 0.2) is 84.9 Å². The molecule has 2 atom stereocenters. The molecule has 1 saturated heterocycles. The van der Waals surface area contributed by atoms with E-state index in [2.05, 4.69) is 17.4 Å². The molecule has 0 unspecified atom stereocenters. The highest BCUT2D eigenvalue weighted by Gasteiger charge is 2.48. The maximum Gasteiger partial charge on any atom is 0.453 e. The van der Waals surface area contributed by atoms with Crippen LogP contribution < -0.4 is 14.4 Å². The third-order valence-electron chi connectivity index (χ3n) is 6.20. The monoisotopic (exact) mass is 462 g/mol. The van der Waals surface area contributed by atoms with Crippen LogP contribution in [-0.4, -0.2) is 29.2 Å². The Morgan fingerprint density at radius 3 is 2.06 bits per heavy atom. The number of hydrogen-bond acceptors (Lipinski definition) is 5. The summed E-state index contributed by atoms with van der Waals surface area (Å²) in [4.78, 5) is 15.3. The number of benzene rings is 3.